The molecular formula is C12H18N2O2. The van der Waals surface area contributed by atoms with Crippen molar-refractivity contribution in [3.63, 3.8) is 0 Å². The number of hydrazine groups is 1. The summed E-state index contributed by atoms with van der Waals surface area (Å²) in [7, 11) is 3.32. The molecule has 2 N–H and O–H groups in total. The van der Waals surface area contributed by atoms with Gasteiger partial charge in [-0.05, 0) is 30.5 Å². The third-order valence-electron chi connectivity index (χ3n) is 2.35. The van der Waals surface area contributed by atoms with Crippen molar-refractivity contribution in [1.29, 1.82) is 0 Å². The van der Waals surface area contributed by atoms with Crippen LogP contribution in [0.15, 0.2) is 12.1 Å². The Morgan fingerprint density at radius 2 is 1.88 bits per heavy atom. The Balaban J connectivity index is 2.87. The van der Waals surface area contributed by atoms with Crippen LogP contribution in [0.3, 0.4) is 0 Å². The van der Waals surface area contributed by atoms with Crippen molar-refractivity contribution in [2.75, 3.05) is 14.2 Å². The number of benzene rings is 1. The second-order valence-electron chi connectivity index (χ2n) is 3.74. The lowest BCUT2D eigenvalue weighted by atomic mass is 10.0. The van der Waals surface area contributed by atoms with Gasteiger partial charge in [-0.15, -0.1) is 0 Å². The molecule has 0 unspecified atom stereocenters. The Hall–Kier alpha value is -1.55. The van der Waals surface area contributed by atoms with Gasteiger partial charge in [-0.1, -0.05) is 12.1 Å². The Kier molecular flexibility index (Phi) is 4.31. The molecule has 1 aromatic carbocycles. The lowest BCUT2D eigenvalue weighted by Crippen LogP contribution is -2.35. The standard InChI is InChI=1S/C12H18N2O2/c1-8-5-10(7-11(15)14-13-3)6-9(2)12(8)16-4/h5-6,13H,7H2,1-4H3,(H,14,15). The maximum Gasteiger partial charge on any atom is 0.238 e. The topological polar surface area (TPSA) is 50.4 Å². The van der Waals surface area contributed by atoms with Crippen molar-refractivity contribution < 1.29 is 9.53 Å². The molecule has 0 bridgehead atoms. The fourth-order valence-electron chi connectivity index (χ4n) is 1.83. The Labute approximate surface area is 96.0 Å². The molecule has 4 heteroatoms. The van der Waals surface area contributed by atoms with Crippen LogP contribution in [0, 0.1) is 13.8 Å². The molecule has 0 saturated carbocycles. The number of methoxy groups -OCH3 is 1. The first-order valence-corrected chi connectivity index (χ1v) is 5.18. The zero-order valence-electron chi connectivity index (χ0n) is 10.2. The van der Waals surface area contributed by atoms with Crippen LogP contribution in [0.5, 0.6) is 5.75 Å². The minimum Gasteiger partial charge on any atom is -0.496 e. The summed E-state index contributed by atoms with van der Waals surface area (Å²) < 4.78 is 5.27. The van der Waals surface area contributed by atoms with Gasteiger partial charge in [0.15, 0.2) is 0 Å². The normalized spacial score (nSPS) is 10.0. The zero-order valence-corrected chi connectivity index (χ0v) is 10.2. The van der Waals surface area contributed by atoms with Gasteiger partial charge in [0.1, 0.15) is 5.75 Å². The van der Waals surface area contributed by atoms with E-state index in [1.807, 2.05) is 26.0 Å². The molecule has 0 heterocycles. The summed E-state index contributed by atoms with van der Waals surface area (Å²) >= 11 is 0. The predicted octanol–water partition coefficient (Wildman–Crippen LogP) is 1.11. The lowest BCUT2D eigenvalue weighted by molar-refractivity contribution is -0.121. The molecule has 1 amide bonds. The second-order valence-corrected chi connectivity index (χ2v) is 3.74. The van der Waals surface area contributed by atoms with E-state index in [0.717, 1.165) is 22.4 Å². The van der Waals surface area contributed by atoms with Crippen molar-refractivity contribution in [1.82, 2.24) is 10.9 Å². The van der Waals surface area contributed by atoms with E-state index in [4.69, 9.17) is 4.74 Å². The van der Waals surface area contributed by atoms with E-state index in [2.05, 4.69) is 10.9 Å². The van der Waals surface area contributed by atoms with Crippen LogP contribution in [0.2, 0.25) is 0 Å². The quantitative estimate of drug-likeness (QED) is 0.750. The van der Waals surface area contributed by atoms with Crippen molar-refractivity contribution in [3.05, 3.63) is 28.8 Å². The molecule has 88 valence electrons. The number of hydrogen-bond acceptors (Lipinski definition) is 3. The molecule has 0 atom stereocenters. The van der Waals surface area contributed by atoms with Crippen LogP contribution >= 0.6 is 0 Å². The molecule has 0 radical (unpaired) electrons. The first-order chi connectivity index (χ1) is 7.58. The first kappa shape index (κ1) is 12.5. The average molecular weight is 222 g/mol. The molecule has 0 spiro atoms. The van der Waals surface area contributed by atoms with Crippen LogP contribution in [-0.2, 0) is 11.2 Å². The molecule has 1 aromatic rings. The molecule has 0 aromatic heterocycles. The average Bonchev–Trinajstić information content (AvgIpc) is 2.17. The molecule has 4 nitrogen and oxygen atoms in total. The van der Waals surface area contributed by atoms with E-state index in [-0.39, 0.29) is 5.91 Å². The largest absolute Gasteiger partial charge is 0.496 e. The van der Waals surface area contributed by atoms with Gasteiger partial charge in [0.2, 0.25) is 5.91 Å². The highest BCUT2D eigenvalue weighted by atomic mass is 16.5. The van der Waals surface area contributed by atoms with Crippen molar-refractivity contribution >= 4 is 5.91 Å². The van der Waals surface area contributed by atoms with E-state index >= 15 is 0 Å². The third kappa shape index (κ3) is 2.97. The maximum absolute atomic E-state index is 11.4. The summed E-state index contributed by atoms with van der Waals surface area (Å²) in [4.78, 5) is 11.4. The smallest absolute Gasteiger partial charge is 0.238 e. The molecular weight excluding hydrogens is 204 g/mol. The van der Waals surface area contributed by atoms with Gasteiger partial charge in [-0.2, -0.15) is 0 Å². The summed E-state index contributed by atoms with van der Waals surface area (Å²) in [6.45, 7) is 3.95. The summed E-state index contributed by atoms with van der Waals surface area (Å²) in [5.74, 6) is 0.837. The van der Waals surface area contributed by atoms with Crippen molar-refractivity contribution in [3.8, 4) is 5.75 Å². The number of carbonyl (C=O) groups excluding carboxylic acids is 1. The Morgan fingerprint density at radius 3 is 2.31 bits per heavy atom. The van der Waals surface area contributed by atoms with Gasteiger partial charge in [0.05, 0.1) is 13.5 Å². The number of rotatable bonds is 4. The SMILES string of the molecule is CNNC(=O)Cc1cc(C)c(OC)c(C)c1. The van der Waals surface area contributed by atoms with Gasteiger partial charge in [0.25, 0.3) is 0 Å². The van der Waals surface area contributed by atoms with E-state index in [9.17, 15) is 4.79 Å². The van der Waals surface area contributed by atoms with Crippen molar-refractivity contribution in [2.24, 2.45) is 0 Å². The maximum atomic E-state index is 11.4. The van der Waals surface area contributed by atoms with Crippen LogP contribution in [0.1, 0.15) is 16.7 Å². The molecule has 0 aliphatic rings. The van der Waals surface area contributed by atoms with Crippen LogP contribution in [-0.4, -0.2) is 20.1 Å². The summed E-state index contributed by atoms with van der Waals surface area (Å²) in [5, 5.41) is 0. The molecule has 0 aliphatic heterocycles. The molecule has 0 fully saturated rings. The fraction of sp³-hybridized carbons (Fsp3) is 0.417. The summed E-state index contributed by atoms with van der Waals surface area (Å²) in [6, 6.07) is 3.95. The first-order valence-electron chi connectivity index (χ1n) is 5.18. The summed E-state index contributed by atoms with van der Waals surface area (Å²) in [5.41, 5.74) is 8.25. The van der Waals surface area contributed by atoms with Crippen LogP contribution < -0.4 is 15.6 Å². The number of ether oxygens (including phenoxy) is 1. The van der Waals surface area contributed by atoms with Crippen LogP contribution in [0.25, 0.3) is 0 Å². The highest BCUT2D eigenvalue weighted by Gasteiger charge is 2.08. The van der Waals surface area contributed by atoms with E-state index < -0.39 is 0 Å². The number of carbonyl (C=O) groups is 1. The van der Waals surface area contributed by atoms with Gasteiger partial charge in [-0.3, -0.25) is 10.2 Å². The van der Waals surface area contributed by atoms with Gasteiger partial charge in [-0.25, -0.2) is 5.43 Å². The van der Waals surface area contributed by atoms with Gasteiger partial charge < -0.3 is 4.74 Å². The van der Waals surface area contributed by atoms with Crippen LogP contribution in [0.4, 0.5) is 0 Å². The minimum atomic E-state index is -0.0496. The number of hydrogen-bond donors (Lipinski definition) is 2. The highest BCUT2D eigenvalue weighted by molar-refractivity contribution is 5.78. The molecule has 0 saturated heterocycles. The zero-order chi connectivity index (χ0) is 12.1. The monoisotopic (exact) mass is 222 g/mol. The Morgan fingerprint density at radius 1 is 1.31 bits per heavy atom. The van der Waals surface area contributed by atoms with E-state index in [1.54, 1.807) is 14.2 Å². The second kappa shape index (κ2) is 5.51. The third-order valence-corrected chi connectivity index (χ3v) is 2.35. The number of nitrogens with one attached hydrogen (secondary N) is 2. The van der Waals surface area contributed by atoms with Crippen molar-refractivity contribution in [2.45, 2.75) is 20.3 Å². The molecule has 1 rings (SSSR count). The predicted molar refractivity (Wildman–Crippen MR) is 63.4 cm³/mol. The molecule has 0 aliphatic carbocycles. The van der Waals surface area contributed by atoms with E-state index in [0.29, 0.717) is 6.42 Å². The fourth-order valence-corrected chi connectivity index (χ4v) is 1.83. The number of aryl methyl sites for hydroxylation is 2. The number of amides is 1. The van der Waals surface area contributed by atoms with E-state index in [1.165, 1.54) is 0 Å². The molecule has 16 heavy (non-hydrogen) atoms. The lowest BCUT2D eigenvalue weighted by Gasteiger charge is -2.11. The highest BCUT2D eigenvalue weighted by Crippen LogP contribution is 2.24. The van der Waals surface area contributed by atoms with Gasteiger partial charge >= 0.3 is 0 Å². The minimum absolute atomic E-state index is 0.0496. The Bertz CT molecular complexity index is 366. The van der Waals surface area contributed by atoms with Gasteiger partial charge in [0, 0.05) is 7.05 Å². The summed E-state index contributed by atoms with van der Waals surface area (Å²) in [6.07, 6.45) is 0.368.